The van der Waals surface area contributed by atoms with E-state index < -0.39 is 0 Å². The van der Waals surface area contributed by atoms with E-state index in [0.29, 0.717) is 6.04 Å². The number of carbonyl (C=O) groups is 1. The quantitative estimate of drug-likeness (QED) is 0.853. The molecule has 1 fully saturated rings. The van der Waals surface area contributed by atoms with E-state index in [9.17, 15) is 4.79 Å². The summed E-state index contributed by atoms with van der Waals surface area (Å²) in [7, 11) is 0. The third-order valence-electron chi connectivity index (χ3n) is 4.41. The lowest BCUT2D eigenvalue weighted by Crippen LogP contribution is -2.40. The molecule has 0 radical (unpaired) electrons. The van der Waals surface area contributed by atoms with E-state index in [4.69, 9.17) is 4.42 Å². The van der Waals surface area contributed by atoms with Crippen LogP contribution in [0.3, 0.4) is 0 Å². The molecular formula is C16H21N3O2. The summed E-state index contributed by atoms with van der Waals surface area (Å²) < 4.78 is 7.69. The Morgan fingerprint density at radius 2 is 2.14 bits per heavy atom. The van der Waals surface area contributed by atoms with Crippen LogP contribution >= 0.6 is 0 Å². The standard InChI is InChI=1S/C16H21N3O2/c1-11-12(2)21-13(3)15(11)16(20)18-7-4-5-14(9-18)19-8-6-17-10-19/h6,8,10,14H,4-5,7,9H2,1-3H3/t14-/m1/s1. The number of carbonyl (C=O) groups excluding carboxylic acids is 1. The van der Waals surface area contributed by atoms with Gasteiger partial charge in [-0.05, 0) is 33.6 Å². The molecule has 1 aliphatic rings. The fourth-order valence-electron chi connectivity index (χ4n) is 3.13. The van der Waals surface area contributed by atoms with E-state index in [-0.39, 0.29) is 5.91 Å². The van der Waals surface area contributed by atoms with Crippen molar-refractivity contribution >= 4 is 5.91 Å². The van der Waals surface area contributed by atoms with Crippen molar-refractivity contribution in [1.29, 1.82) is 0 Å². The minimum atomic E-state index is 0.0895. The second-order valence-corrected chi connectivity index (χ2v) is 5.77. The van der Waals surface area contributed by atoms with Gasteiger partial charge in [-0.2, -0.15) is 0 Å². The Bertz CT molecular complexity index is 643. The molecule has 0 bridgehead atoms. The number of imidazole rings is 1. The molecule has 1 atom stereocenters. The zero-order chi connectivity index (χ0) is 15.0. The summed E-state index contributed by atoms with van der Waals surface area (Å²) in [4.78, 5) is 18.9. The Hall–Kier alpha value is -2.04. The van der Waals surface area contributed by atoms with Gasteiger partial charge in [0.25, 0.3) is 5.91 Å². The Balaban J connectivity index is 1.81. The summed E-state index contributed by atoms with van der Waals surface area (Å²) in [5, 5.41) is 0. The highest BCUT2D eigenvalue weighted by Gasteiger charge is 2.28. The fraction of sp³-hybridized carbons (Fsp3) is 0.500. The van der Waals surface area contributed by atoms with Crippen LogP contribution in [0.15, 0.2) is 23.1 Å². The van der Waals surface area contributed by atoms with Crippen molar-refractivity contribution in [3.8, 4) is 0 Å². The molecular weight excluding hydrogens is 266 g/mol. The molecule has 0 saturated carbocycles. The van der Waals surface area contributed by atoms with E-state index in [1.54, 1.807) is 6.20 Å². The molecule has 112 valence electrons. The molecule has 5 heteroatoms. The molecule has 3 heterocycles. The number of aromatic nitrogens is 2. The highest BCUT2D eigenvalue weighted by molar-refractivity contribution is 5.97. The third-order valence-corrected chi connectivity index (χ3v) is 4.41. The highest BCUT2D eigenvalue weighted by Crippen LogP contribution is 2.26. The lowest BCUT2D eigenvalue weighted by Gasteiger charge is -2.33. The number of furan rings is 1. The second-order valence-electron chi connectivity index (χ2n) is 5.77. The van der Waals surface area contributed by atoms with Crippen molar-refractivity contribution in [2.45, 2.75) is 39.7 Å². The predicted octanol–water partition coefficient (Wildman–Crippen LogP) is 2.88. The highest BCUT2D eigenvalue weighted by atomic mass is 16.3. The Kier molecular flexibility index (Phi) is 3.57. The number of nitrogens with zero attached hydrogens (tertiary/aromatic N) is 3. The number of hydrogen-bond acceptors (Lipinski definition) is 3. The number of amides is 1. The van der Waals surface area contributed by atoms with E-state index in [1.165, 1.54) is 0 Å². The van der Waals surface area contributed by atoms with Crippen LogP contribution in [0.5, 0.6) is 0 Å². The van der Waals surface area contributed by atoms with Crippen molar-refractivity contribution in [3.05, 3.63) is 41.4 Å². The van der Waals surface area contributed by atoms with Crippen LogP contribution in [0, 0.1) is 20.8 Å². The van der Waals surface area contributed by atoms with Gasteiger partial charge in [-0.25, -0.2) is 4.98 Å². The van der Waals surface area contributed by atoms with Gasteiger partial charge in [-0.15, -0.1) is 0 Å². The summed E-state index contributed by atoms with van der Waals surface area (Å²) in [5.41, 5.74) is 1.70. The molecule has 0 aliphatic carbocycles. The maximum Gasteiger partial charge on any atom is 0.257 e. The second kappa shape index (κ2) is 5.39. The summed E-state index contributed by atoms with van der Waals surface area (Å²) in [6.45, 7) is 7.27. The smallest absolute Gasteiger partial charge is 0.257 e. The number of hydrogen-bond donors (Lipinski definition) is 0. The van der Waals surface area contributed by atoms with Crippen LogP contribution in [-0.4, -0.2) is 33.4 Å². The molecule has 0 unspecified atom stereocenters. The first-order valence-corrected chi connectivity index (χ1v) is 7.41. The lowest BCUT2D eigenvalue weighted by atomic mass is 10.0. The fourth-order valence-corrected chi connectivity index (χ4v) is 3.13. The van der Waals surface area contributed by atoms with Gasteiger partial charge in [0.2, 0.25) is 0 Å². The summed E-state index contributed by atoms with van der Waals surface area (Å²) in [6, 6.07) is 0.318. The number of rotatable bonds is 2. The van der Waals surface area contributed by atoms with Gasteiger partial charge in [0, 0.05) is 31.0 Å². The molecule has 2 aromatic rings. The van der Waals surface area contributed by atoms with Crippen LogP contribution in [-0.2, 0) is 0 Å². The Labute approximate surface area is 124 Å². The summed E-state index contributed by atoms with van der Waals surface area (Å²) >= 11 is 0. The molecule has 21 heavy (non-hydrogen) atoms. The normalized spacial score (nSPS) is 19.0. The maximum atomic E-state index is 12.8. The van der Waals surface area contributed by atoms with Crippen molar-refractivity contribution < 1.29 is 9.21 Å². The van der Waals surface area contributed by atoms with E-state index >= 15 is 0 Å². The molecule has 3 rings (SSSR count). The van der Waals surface area contributed by atoms with E-state index in [1.807, 2.05) is 38.2 Å². The number of piperidine rings is 1. The van der Waals surface area contributed by atoms with Crippen LogP contribution in [0.1, 0.15) is 46.3 Å². The first-order chi connectivity index (χ1) is 10.1. The van der Waals surface area contributed by atoms with Crippen molar-refractivity contribution in [1.82, 2.24) is 14.5 Å². The molecule has 0 aromatic carbocycles. The summed E-state index contributed by atoms with van der Waals surface area (Å²) in [5.74, 6) is 1.64. The minimum absolute atomic E-state index is 0.0895. The van der Waals surface area contributed by atoms with Gasteiger partial charge in [-0.1, -0.05) is 0 Å². The lowest BCUT2D eigenvalue weighted by molar-refractivity contribution is 0.0677. The monoisotopic (exact) mass is 287 g/mol. The topological polar surface area (TPSA) is 51.3 Å². The van der Waals surface area contributed by atoms with Crippen molar-refractivity contribution in [2.75, 3.05) is 13.1 Å². The Morgan fingerprint density at radius 1 is 1.33 bits per heavy atom. The van der Waals surface area contributed by atoms with Crippen LogP contribution in [0.25, 0.3) is 0 Å². The third kappa shape index (κ3) is 2.48. The molecule has 5 nitrogen and oxygen atoms in total. The van der Waals surface area contributed by atoms with E-state index in [2.05, 4.69) is 9.55 Å². The largest absolute Gasteiger partial charge is 0.466 e. The number of aryl methyl sites for hydroxylation is 2. The van der Waals surface area contributed by atoms with Crippen molar-refractivity contribution in [3.63, 3.8) is 0 Å². The van der Waals surface area contributed by atoms with Crippen LogP contribution in [0.4, 0.5) is 0 Å². The van der Waals surface area contributed by atoms with Crippen LogP contribution < -0.4 is 0 Å². The molecule has 0 spiro atoms. The average molecular weight is 287 g/mol. The molecule has 2 aromatic heterocycles. The molecule has 1 saturated heterocycles. The van der Waals surface area contributed by atoms with Gasteiger partial charge < -0.3 is 13.9 Å². The zero-order valence-corrected chi connectivity index (χ0v) is 12.8. The SMILES string of the molecule is Cc1oc(C)c(C(=O)N2CCC[C@@H](n3ccnc3)C2)c1C. The molecule has 1 aliphatic heterocycles. The molecule has 1 amide bonds. The predicted molar refractivity (Wildman–Crippen MR) is 79.3 cm³/mol. The first kappa shape index (κ1) is 13.9. The minimum Gasteiger partial charge on any atom is -0.466 e. The summed E-state index contributed by atoms with van der Waals surface area (Å²) in [6.07, 6.45) is 7.69. The van der Waals surface area contributed by atoms with Gasteiger partial charge in [0.15, 0.2) is 0 Å². The van der Waals surface area contributed by atoms with Crippen LogP contribution in [0.2, 0.25) is 0 Å². The Morgan fingerprint density at radius 3 is 2.76 bits per heavy atom. The van der Waals surface area contributed by atoms with Gasteiger partial charge in [0.05, 0.1) is 17.9 Å². The van der Waals surface area contributed by atoms with Gasteiger partial charge >= 0.3 is 0 Å². The maximum absolute atomic E-state index is 12.8. The number of likely N-dealkylation sites (tertiary alicyclic amines) is 1. The first-order valence-electron chi connectivity index (χ1n) is 7.41. The molecule has 0 N–H and O–H groups in total. The zero-order valence-electron chi connectivity index (χ0n) is 12.8. The average Bonchev–Trinajstić information content (AvgIpc) is 3.08. The van der Waals surface area contributed by atoms with E-state index in [0.717, 1.165) is 48.6 Å². The van der Waals surface area contributed by atoms with Crippen molar-refractivity contribution in [2.24, 2.45) is 0 Å². The van der Waals surface area contributed by atoms with Gasteiger partial charge in [0.1, 0.15) is 11.5 Å². The van der Waals surface area contributed by atoms with Gasteiger partial charge in [-0.3, -0.25) is 4.79 Å².